The number of rotatable bonds is 7. The molecule has 32 heavy (non-hydrogen) atoms. The highest BCUT2D eigenvalue weighted by Crippen LogP contribution is 2.42. The van der Waals surface area contributed by atoms with E-state index in [0.717, 1.165) is 30.2 Å². The van der Waals surface area contributed by atoms with Gasteiger partial charge in [0.05, 0.1) is 23.3 Å². The molecule has 0 aliphatic carbocycles. The summed E-state index contributed by atoms with van der Waals surface area (Å²) in [5.74, 6) is 0.293. The Morgan fingerprint density at radius 2 is 2.16 bits per heavy atom. The summed E-state index contributed by atoms with van der Waals surface area (Å²) in [7, 11) is 0. The molecule has 1 amide bonds. The summed E-state index contributed by atoms with van der Waals surface area (Å²) in [6.07, 6.45) is -1.62. The van der Waals surface area contributed by atoms with Crippen molar-refractivity contribution < 1.29 is 27.8 Å². The molecule has 8 nitrogen and oxygen atoms in total. The minimum Gasteiger partial charge on any atom is -0.395 e. The standard InChI is InChI=1S/C20H18F2N4O4S2/c21-20(22)29-14-6-5-12(9-15(14)30-20)23-17(27)11-32-19-25-24-18(16-4-2-8-31-16)26(19)10-13-3-1-7-28-13/h2,4-6,8-9,13H,1,3,7,10-11H2,(H,23,27). The number of alkyl halides is 2. The number of benzene rings is 1. The molecule has 1 fully saturated rings. The summed E-state index contributed by atoms with van der Waals surface area (Å²) in [4.78, 5) is 13.5. The zero-order chi connectivity index (χ0) is 22.1. The molecule has 4 heterocycles. The highest BCUT2D eigenvalue weighted by molar-refractivity contribution is 7.99. The van der Waals surface area contributed by atoms with Crippen molar-refractivity contribution in [2.24, 2.45) is 0 Å². The molecule has 0 bridgehead atoms. The third-order valence-corrected chi connectivity index (χ3v) is 6.72. The first-order chi connectivity index (χ1) is 15.5. The number of anilines is 1. The Bertz CT molecular complexity index is 1120. The molecule has 12 heteroatoms. The zero-order valence-electron chi connectivity index (χ0n) is 16.6. The number of thiophene rings is 1. The van der Waals surface area contributed by atoms with Crippen LogP contribution in [0.25, 0.3) is 10.7 Å². The highest BCUT2D eigenvalue weighted by Gasteiger charge is 2.43. The lowest BCUT2D eigenvalue weighted by atomic mass is 10.2. The van der Waals surface area contributed by atoms with Crippen molar-refractivity contribution in [3.63, 3.8) is 0 Å². The molecule has 168 valence electrons. The van der Waals surface area contributed by atoms with Crippen LogP contribution >= 0.6 is 23.1 Å². The number of ether oxygens (including phenoxy) is 3. The van der Waals surface area contributed by atoms with Gasteiger partial charge < -0.3 is 19.5 Å². The fourth-order valence-electron chi connectivity index (χ4n) is 3.49. The van der Waals surface area contributed by atoms with E-state index >= 15 is 0 Å². The van der Waals surface area contributed by atoms with E-state index in [0.29, 0.717) is 17.4 Å². The number of amides is 1. The number of carbonyl (C=O) groups excluding carboxylic acids is 1. The monoisotopic (exact) mass is 480 g/mol. The maximum Gasteiger partial charge on any atom is 0.586 e. The smallest absolute Gasteiger partial charge is 0.395 e. The van der Waals surface area contributed by atoms with Crippen molar-refractivity contribution >= 4 is 34.7 Å². The van der Waals surface area contributed by atoms with E-state index < -0.39 is 6.29 Å². The number of carbonyl (C=O) groups is 1. The molecule has 2 aliphatic heterocycles. The van der Waals surface area contributed by atoms with E-state index in [1.165, 1.54) is 30.0 Å². The van der Waals surface area contributed by atoms with E-state index in [4.69, 9.17) is 4.74 Å². The number of hydrogen-bond donors (Lipinski definition) is 1. The minimum atomic E-state index is -3.70. The van der Waals surface area contributed by atoms with Gasteiger partial charge >= 0.3 is 6.29 Å². The second-order valence-electron chi connectivity index (χ2n) is 7.19. The van der Waals surface area contributed by atoms with Crippen molar-refractivity contribution in [3.05, 3.63) is 35.7 Å². The number of nitrogens with zero attached hydrogens (tertiary/aromatic N) is 3. The molecule has 2 aliphatic rings. The fourth-order valence-corrected chi connectivity index (χ4v) is 4.96. The molecule has 3 aromatic rings. The Morgan fingerprint density at radius 1 is 1.28 bits per heavy atom. The number of halogens is 2. The van der Waals surface area contributed by atoms with Gasteiger partial charge in [-0.3, -0.25) is 9.36 Å². The van der Waals surface area contributed by atoms with Gasteiger partial charge in [-0.1, -0.05) is 17.8 Å². The van der Waals surface area contributed by atoms with E-state index in [2.05, 4.69) is 25.0 Å². The van der Waals surface area contributed by atoms with Crippen LogP contribution in [0.1, 0.15) is 12.8 Å². The van der Waals surface area contributed by atoms with Gasteiger partial charge in [0.1, 0.15) is 0 Å². The number of fused-ring (bicyclic) bond motifs is 1. The van der Waals surface area contributed by atoms with Crippen LogP contribution in [0.2, 0.25) is 0 Å². The van der Waals surface area contributed by atoms with Gasteiger partial charge in [0.25, 0.3) is 0 Å². The molecule has 1 atom stereocenters. The summed E-state index contributed by atoms with van der Waals surface area (Å²) in [6.45, 7) is 1.36. The molecular weight excluding hydrogens is 462 g/mol. The first-order valence-electron chi connectivity index (χ1n) is 9.88. The summed E-state index contributed by atoms with van der Waals surface area (Å²) in [5, 5.41) is 13.9. The first-order valence-corrected chi connectivity index (χ1v) is 11.7. The molecule has 0 spiro atoms. The molecular formula is C20H18F2N4O4S2. The van der Waals surface area contributed by atoms with Gasteiger partial charge in [-0.15, -0.1) is 30.3 Å². The summed E-state index contributed by atoms with van der Waals surface area (Å²) in [5.41, 5.74) is 0.329. The third kappa shape index (κ3) is 4.57. The lowest BCUT2D eigenvalue weighted by Crippen LogP contribution is -2.25. The molecule has 1 aromatic carbocycles. The van der Waals surface area contributed by atoms with E-state index in [-0.39, 0.29) is 29.3 Å². The maximum atomic E-state index is 13.2. The molecule has 5 rings (SSSR count). The predicted molar refractivity (Wildman–Crippen MR) is 114 cm³/mol. The van der Waals surface area contributed by atoms with Gasteiger partial charge in [-0.05, 0) is 36.4 Å². The van der Waals surface area contributed by atoms with Crippen LogP contribution in [0.15, 0.2) is 40.9 Å². The van der Waals surface area contributed by atoms with Gasteiger partial charge in [0.2, 0.25) is 5.91 Å². The first kappa shape index (κ1) is 21.2. The van der Waals surface area contributed by atoms with Crippen LogP contribution in [-0.2, 0) is 16.1 Å². The highest BCUT2D eigenvalue weighted by atomic mass is 32.2. The predicted octanol–water partition coefficient (Wildman–Crippen LogP) is 4.24. The van der Waals surface area contributed by atoms with Crippen molar-refractivity contribution in [3.8, 4) is 22.2 Å². The molecule has 0 saturated carbocycles. The van der Waals surface area contributed by atoms with Gasteiger partial charge in [0.15, 0.2) is 22.5 Å². The SMILES string of the molecule is O=C(CSc1nnc(-c2cccs2)n1CC1CCCO1)Nc1ccc2c(c1)OC(F)(F)O2. The van der Waals surface area contributed by atoms with E-state index in [1.54, 1.807) is 11.3 Å². The second kappa shape index (κ2) is 8.68. The van der Waals surface area contributed by atoms with Crippen LogP contribution in [-0.4, -0.2) is 45.4 Å². The topological polar surface area (TPSA) is 87.5 Å². The molecule has 0 radical (unpaired) electrons. The third-order valence-electron chi connectivity index (χ3n) is 4.89. The van der Waals surface area contributed by atoms with Crippen molar-refractivity contribution in [2.45, 2.75) is 36.9 Å². The molecule has 2 aromatic heterocycles. The van der Waals surface area contributed by atoms with Crippen LogP contribution in [0.3, 0.4) is 0 Å². The largest absolute Gasteiger partial charge is 0.586 e. The Balaban J connectivity index is 1.26. The van der Waals surface area contributed by atoms with Crippen LogP contribution in [0, 0.1) is 0 Å². The van der Waals surface area contributed by atoms with Gasteiger partial charge in [0, 0.05) is 18.4 Å². The lowest BCUT2D eigenvalue weighted by molar-refractivity contribution is -0.286. The number of hydrogen-bond acceptors (Lipinski definition) is 8. The fraction of sp³-hybridized carbons (Fsp3) is 0.350. The van der Waals surface area contributed by atoms with Crippen molar-refractivity contribution in [1.29, 1.82) is 0 Å². The summed E-state index contributed by atoms with van der Waals surface area (Å²) in [6, 6.07) is 8.02. The number of nitrogens with one attached hydrogen (secondary N) is 1. The molecule has 1 unspecified atom stereocenters. The Morgan fingerprint density at radius 3 is 2.94 bits per heavy atom. The Labute approximate surface area is 189 Å². The van der Waals surface area contributed by atoms with Crippen LogP contribution in [0.4, 0.5) is 14.5 Å². The van der Waals surface area contributed by atoms with Gasteiger partial charge in [-0.25, -0.2) is 0 Å². The summed E-state index contributed by atoms with van der Waals surface area (Å²) >= 11 is 2.82. The second-order valence-corrected chi connectivity index (χ2v) is 9.09. The average Bonchev–Trinajstić information content (AvgIpc) is 3.53. The minimum absolute atomic E-state index is 0.0682. The van der Waals surface area contributed by atoms with Crippen molar-refractivity contribution in [1.82, 2.24) is 14.8 Å². The molecule has 1 N–H and O–H groups in total. The van der Waals surface area contributed by atoms with E-state index in [9.17, 15) is 13.6 Å². The van der Waals surface area contributed by atoms with Crippen LogP contribution < -0.4 is 14.8 Å². The molecule has 1 saturated heterocycles. The Hall–Kier alpha value is -2.70. The maximum absolute atomic E-state index is 13.2. The van der Waals surface area contributed by atoms with Crippen LogP contribution in [0.5, 0.6) is 11.5 Å². The van der Waals surface area contributed by atoms with Gasteiger partial charge in [-0.2, -0.15) is 0 Å². The van der Waals surface area contributed by atoms with E-state index in [1.807, 2.05) is 22.1 Å². The summed E-state index contributed by atoms with van der Waals surface area (Å²) < 4.78 is 42.9. The van der Waals surface area contributed by atoms with Crippen molar-refractivity contribution in [2.75, 3.05) is 17.7 Å². The average molecular weight is 481 g/mol. The Kier molecular flexibility index (Phi) is 5.74. The lowest BCUT2D eigenvalue weighted by Gasteiger charge is -2.14. The zero-order valence-corrected chi connectivity index (χ0v) is 18.3. The number of aromatic nitrogens is 3. The normalized spacial score (nSPS) is 18.8. The number of thioether (sulfide) groups is 1. The quantitative estimate of drug-likeness (QED) is 0.506.